The van der Waals surface area contributed by atoms with Crippen LogP contribution < -0.4 is 4.84 Å². The molecule has 4 heteroatoms. The maximum Gasteiger partial charge on any atom is 0.335 e. The van der Waals surface area contributed by atoms with Crippen LogP contribution in [0.3, 0.4) is 0 Å². The zero-order valence-corrected chi connectivity index (χ0v) is 7.88. The average Bonchev–Trinajstić information content (AvgIpc) is 2.17. The van der Waals surface area contributed by atoms with E-state index in [9.17, 15) is 4.79 Å². The molecule has 0 bridgehead atoms. The molecule has 0 radical (unpaired) electrons. The molecule has 1 atom stereocenters. The molecule has 1 aromatic carbocycles. The summed E-state index contributed by atoms with van der Waals surface area (Å²) in [5.41, 5.74) is 1.24. The first-order valence-electron chi connectivity index (χ1n) is 3.84. The van der Waals surface area contributed by atoms with Gasteiger partial charge in [0, 0.05) is 6.04 Å². The number of hydrogen-bond donors (Lipinski definition) is 2. The summed E-state index contributed by atoms with van der Waals surface area (Å²) < 4.78 is 0. The third-order valence-electron chi connectivity index (χ3n) is 1.82. The maximum absolute atomic E-state index is 10.5. The van der Waals surface area contributed by atoms with Crippen LogP contribution in [-0.4, -0.2) is 11.1 Å². The van der Waals surface area contributed by atoms with Gasteiger partial charge in [-0.2, -0.15) is 0 Å². The lowest BCUT2D eigenvalue weighted by Crippen LogP contribution is -2.06. The standard InChI is InChI=1S/C9H10ClNO2/c1-6(11-10)7-2-4-8(5-3-7)9(12)13/h2-6,11H,1H3,(H,12,13)/t6-/m0/s1. The topological polar surface area (TPSA) is 49.3 Å². The van der Waals surface area contributed by atoms with E-state index in [1.807, 2.05) is 6.92 Å². The fourth-order valence-corrected chi connectivity index (χ4v) is 1.10. The van der Waals surface area contributed by atoms with Crippen LogP contribution in [0.25, 0.3) is 0 Å². The zero-order valence-electron chi connectivity index (χ0n) is 7.12. The van der Waals surface area contributed by atoms with Crippen molar-refractivity contribution in [3.8, 4) is 0 Å². The summed E-state index contributed by atoms with van der Waals surface area (Å²) >= 11 is 5.42. The number of rotatable bonds is 3. The molecule has 0 aliphatic carbocycles. The third-order valence-corrected chi connectivity index (χ3v) is 2.15. The average molecular weight is 200 g/mol. The van der Waals surface area contributed by atoms with Crippen molar-refractivity contribution in [1.82, 2.24) is 4.84 Å². The molecule has 0 heterocycles. The molecule has 1 aromatic rings. The highest BCUT2D eigenvalue weighted by atomic mass is 35.5. The summed E-state index contributed by atoms with van der Waals surface area (Å²) in [6, 6.07) is 6.61. The molecule has 13 heavy (non-hydrogen) atoms. The van der Waals surface area contributed by atoms with Crippen molar-refractivity contribution in [2.45, 2.75) is 13.0 Å². The van der Waals surface area contributed by atoms with Gasteiger partial charge in [-0.05, 0) is 36.4 Å². The van der Waals surface area contributed by atoms with Crippen LogP contribution in [-0.2, 0) is 0 Å². The fraction of sp³-hybridized carbons (Fsp3) is 0.222. The van der Waals surface area contributed by atoms with Gasteiger partial charge in [-0.1, -0.05) is 12.1 Å². The number of carboxylic acids is 1. The highest BCUT2D eigenvalue weighted by Crippen LogP contribution is 2.13. The van der Waals surface area contributed by atoms with Gasteiger partial charge in [-0.25, -0.2) is 9.63 Å². The number of nitrogens with one attached hydrogen (secondary N) is 1. The number of aromatic carboxylic acids is 1. The molecule has 0 aliphatic rings. The molecule has 70 valence electrons. The van der Waals surface area contributed by atoms with E-state index in [1.54, 1.807) is 24.3 Å². The molecular weight excluding hydrogens is 190 g/mol. The molecule has 3 nitrogen and oxygen atoms in total. The third kappa shape index (κ3) is 2.44. The van der Waals surface area contributed by atoms with Gasteiger partial charge < -0.3 is 5.11 Å². The predicted octanol–water partition coefficient (Wildman–Crippen LogP) is 2.19. The lowest BCUT2D eigenvalue weighted by Gasteiger charge is -2.08. The van der Waals surface area contributed by atoms with E-state index in [0.29, 0.717) is 0 Å². The van der Waals surface area contributed by atoms with Gasteiger partial charge in [0.2, 0.25) is 0 Å². The SMILES string of the molecule is C[C@H](NCl)c1ccc(C(=O)O)cc1. The van der Waals surface area contributed by atoms with Crippen molar-refractivity contribution in [3.63, 3.8) is 0 Å². The van der Waals surface area contributed by atoms with E-state index in [2.05, 4.69) is 4.84 Å². The maximum atomic E-state index is 10.5. The summed E-state index contributed by atoms with van der Waals surface area (Å²) in [5.74, 6) is -0.918. The van der Waals surface area contributed by atoms with Gasteiger partial charge in [0.05, 0.1) is 5.56 Å². The summed E-state index contributed by atoms with van der Waals surface area (Å²) in [5, 5.41) is 8.63. The summed E-state index contributed by atoms with van der Waals surface area (Å²) in [4.78, 5) is 13.1. The van der Waals surface area contributed by atoms with E-state index in [1.165, 1.54) is 0 Å². The normalized spacial score (nSPS) is 12.5. The Morgan fingerprint density at radius 2 is 2.00 bits per heavy atom. The molecule has 0 aromatic heterocycles. The monoisotopic (exact) mass is 199 g/mol. The Balaban J connectivity index is 2.87. The molecule has 0 fully saturated rings. The minimum absolute atomic E-state index is 0.0181. The van der Waals surface area contributed by atoms with Gasteiger partial charge in [-0.15, -0.1) is 0 Å². The Bertz CT molecular complexity index is 297. The van der Waals surface area contributed by atoms with Gasteiger partial charge in [0.25, 0.3) is 0 Å². The molecule has 0 saturated carbocycles. The molecule has 0 spiro atoms. The van der Waals surface area contributed by atoms with Crippen molar-refractivity contribution in [3.05, 3.63) is 35.4 Å². The second kappa shape index (κ2) is 4.25. The van der Waals surface area contributed by atoms with Crippen LogP contribution in [0.5, 0.6) is 0 Å². The summed E-state index contributed by atoms with van der Waals surface area (Å²) in [6.07, 6.45) is 0. The van der Waals surface area contributed by atoms with Crippen molar-refractivity contribution >= 4 is 17.7 Å². The highest BCUT2D eigenvalue weighted by molar-refractivity contribution is 6.13. The predicted molar refractivity (Wildman–Crippen MR) is 50.8 cm³/mol. The molecule has 0 unspecified atom stereocenters. The molecular formula is C9H10ClNO2. The van der Waals surface area contributed by atoms with Crippen LogP contribution in [0.15, 0.2) is 24.3 Å². The Hall–Kier alpha value is -1.06. The Labute approximate surface area is 81.4 Å². The van der Waals surface area contributed by atoms with Crippen LogP contribution in [0, 0.1) is 0 Å². The minimum atomic E-state index is -0.918. The quantitative estimate of drug-likeness (QED) is 0.734. The summed E-state index contributed by atoms with van der Waals surface area (Å²) in [6.45, 7) is 1.89. The first-order chi connectivity index (χ1) is 6.15. The lowest BCUT2D eigenvalue weighted by molar-refractivity contribution is 0.0697. The Morgan fingerprint density at radius 3 is 2.38 bits per heavy atom. The van der Waals surface area contributed by atoms with E-state index >= 15 is 0 Å². The van der Waals surface area contributed by atoms with Crippen LogP contribution in [0.2, 0.25) is 0 Å². The molecule has 0 aliphatic heterocycles. The van der Waals surface area contributed by atoms with Crippen LogP contribution >= 0.6 is 11.8 Å². The van der Waals surface area contributed by atoms with Crippen LogP contribution in [0.4, 0.5) is 0 Å². The molecule has 1 rings (SSSR count). The molecule has 0 saturated heterocycles. The van der Waals surface area contributed by atoms with Gasteiger partial charge in [0.15, 0.2) is 0 Å². The number of hydrogen-bond acceptors (Lipinski definition) is 2. The summed E-state index contributed by atoms with van der Waals surface area (Å²) in [7, 11) is 0. The van der Waals surface area contributed by atoms with Gasteiger partial charge >= 0.3 is 5.97 Å². The van der Waals surface area contributed by atoms with Crippen LogP contribution in [0.1, 0.15) is 28.9 Å². The van der Waals surface area contributed by atoms with Gasteiger partial charge in [-0.3, -0.25) is 0 Å². The number of benzene rings is 1. The zero-order chi connectivity index (χ0) is 9.84. The number of halogens is 1. The second-order valence-corrected chi connectivity index (χ2v) is 2.98. The first kappa shape index (κ1) is 10.0. The Kier molecular flexibility index (Phi) is 3.28. The molecule has 0 amide bonds. The van der Waals surface area contributed by atoms with Crippen molar-refractivity contribution in [2.75, 3.05) is 0 Å². The first-order valence-corrected chi connectivity index (χ1v) is 4.22. The second-order valence-electron chi connectivity index (χ2n) is 2.76. The number of carboxylic acid groups (broad SMARTS) is 1. The van der Waals surface area contributed by atoms with E-state index in [0.717, 1.165) is 5.56 Å². The van der Waals surface area contributed by atoms with Gasteiger partial charge in [0.1, 0.15) is 0 Å². The fourth-order valence-electron chi connectivity index (χ4n) is 0.977. The minimum Gasteiger partial charge on any atom is -0.478 e. The largest absolute Gasteiger partial charge is 0.478 e. The molecule has 2 N–H and O–H groups in total. The van der Waals surface area contributed by atoms with Crippen molar-refractivity contribution in [2.24, 2.45) is 0 Å². The highest BCUT2D eigenvalue weighted by Gasteiger charge is 2.05. The van der Waals surface area contributed by atoms with E-state index in [4.69, 9.17) is 16.9 Å². The lowest BCUT2D eigenvalue weighted by atomic mass is 10.1. The van der Waals surface area contributed by atoms with E-state index < -0.39 is 5.97 Å². The van der Waals surface area contributed by atoms with Crippen molar-refractivity contribution < 1.29 is 9.90 Å². The van der Waals surface area contributed by atoms with E-state index in [-0.39, 0.29) is 11.6 Å². The number of carbonyl (C=O) groups is 1. The smallest absolute Gasteiger partial charge is 0.335 e. The Morgan fingerprint density at radius 1 is 1.46 bits per heavy atom. The van der Waals surface area contributed by atoms with Crippen molar-refractivity contribution in [1.29, 1.82) is 0 Å².